The van der Waals surface area contributed by atoms with Crippen molar-refractivity contribution in [2.75, 3.05) is 25.5 Å². The summed E-state index contributed by atoms with van der Waals surface area (Å²) in [6, 6.07) is 5.86. The van der Waals surface area contributed by atoms with Crippen LogP contribution in [-0.4, -0.2) is 66.2 Å². The average molecular weight is 759 g/mol. The van der Waals surface area contributed by atoms with Gasteiger partial charge in [0.05, 0.1) is 24.4 Å². The van der Waals surface area contributed by atoms with Crippen LogP contribution in [0.2, 0.25) is 0 Å². The Labute approximate surface area is 267 Å². The largest absolute Gasteiger partial charge is 0.497 e. The number of carbonyl (C=O) groups excluding carboxylic acids is 2. The first kappa shape index (κ1) is 40.1. The Kier molecular flexibility index (Phi) is 21.8. The SMILES string of the molecule is Br.Br.Br.COc1cc(NC(C)CCCNC(=O)CC[C@@H](NC(=O)[C@@H](N)CCCCN)C(=O)O)c2ncccc2c1. The summed E-state index contributed by atoms with van der Waals surface area (Å²) in [6.45, 7) is 3.02. The number of aromatic nitrogens is 1. The van der Waals surface area contributed by atoms with E-state index in [9.17, 15) is 19.5 Å². The predicted molar refractivity (Wildman–Crippen MR) is 174 cm³/mol. The zero-order chi connectivity index (χ0) is 27.2. The van der Waals surface area contributed by atoms with E-state index in [2.05, 4.69) is 27.9 Å². The number of hydrogen-bond donors (Lipinski definition) is 6. The van der Waals surface area contributed by atoms with Crippen molar-refractivity contribution in [3.63, 3.8) is 0 Å². The summed E-state index contributed by atoms with van der Waals surface area (Å²) < 4.78 is 5.39. The van der Waals surface area contributed by atoms with Crippen molar-refractivity contribution in [1.82, 2.24) is 15.6 Å². The number of fused-ring (bicyclic) bond motifs is 1. The number of halogens is 3. The van der Waals surface area contributed by atoms with Gasteiger partial charge in [-0.25, -0.2) is 4.79 Å². The molecule has 40 heavy (non-hydrogen) atoms. The lowest BCUT2D eigenvalue weighted by Gasteiger charge is -2.18. The maximum Gasteiger partial charge on any atom is 0.326 e. The molecule has 11 nitrogen and oxygen atoms in total. The maximum atomic E-state index is 12.2. The summed E-state index contributed by atoms with van der Waals surface area (Å²) in [5.41, 5.74) is 13.0. The van der Waals surface area contributed by atoms with Crippen molar-refractivity contribution in [2.45, 2.75) is 70.0 Å². The number of unbranched alkanes of at least 4 members (excludes halogenated alkanes) is 1. The number of pyridine rings is 1. The molecule has 1 heterocycles. The normalized spacial score (nSPS) is 12.4. The van der Waals surface area contributed by atoms with Gasteiger partial charge >= 0.3 is 5.97 Å². The summed E-state index contributed by atoms with van der Waals surface area (Å²) in [5.74, 6) is -1.26. The summed E-state index contributed by atoms with van der Waals surface area (Å²) in [5, 5.41) is 19.1. The number of aliphatic carboxylic acids is 1. The highest BCUT2D eigenvalue weighted by molar-refractivity contribution is 8.93. The number of nitrogens with one attached hydrogen (secondary N) is 3. The first-order valence-corrected chi connectivity index (χ1v) is 12.7. The first-order chi connectivity index (χ1) is 17.7. The Balaban J connectivity index is 0. The third kappa shape index (κ3) is 14.1. The molecule has 228 valence electrons. The Bertz CT molecular complexity index is 1050. The minimum Gasteiger partial charge on any atom is -0.497 e. The molecule has 8 N–H and O–H groups in total. The van der Waals surface area contributed by atoms with Gasteiger partial charge in [-0.3, -0.25) is 14.6 Å². The molecule has 14 heteroatoms. The molecule has 3 atom stereocenters. The van der Waals surface area contributed by atoms with Crippen LogP contribution in [0.1, 0.15) is 51.9 Å². The van der Waals surface area contributed by atoms with E-state index in [-0.39, 0.29) is 75.7 Å². The van der Waals surface area contributed by atoms with E-state index in [0.29, 0.717) is 25.9 Å². The third-order valence-corrected chi connectivity index (χ3v) is 6.03. The van der Waals surface area contributed by atoms with E-state index in [1.165, 1.54) is 0 Å². The fraction of sp³-hybridized carbons (Fsp3) is 0.538. The highest BCUT2D eigenvalue weighted by atomic mass is 79.9. The Hall–Kier alpha value is -2.00. The second-order valence-corrected chi connectivity index (χ2v) is 9.12. The molecule has 1 unspecified atom stereocenters. The number of ether oxygens (including phenoxy) is 1. The quantitative estimate of drug-likeness (QED) is 0.132. The number of methoxy groups -OCH3 is 1. The van der Waals surface area contributed by atoms with Crippen molar-refractivity contribution in [3.05, 3.63) is 30.5 Å². The number of nitrogens with zero attached hydrogens (tertiary/aromatic N) is 1. The summed E-state index contributed by atoms with van der Waals surface area (Å²) in [6.07, 6.45) is 5.09. The van der Waals surface area contributed by atoms with Crippen molar-refractivity contribution >= 4 is 85.3 Å². The van der Waals surface area contributed by atoms with Crippen LogP contribution >= 0.6 is 50.9 Å². The number of nitrogens with two attached hydrogens (primary N) is 2. The molecule has 0 radical (unpaired) electrons. The molecule has 0 fully saturated rings. The van der Waals surface area contributed by atoms with Gasteiger partial charge in [-0.2, -0.15) is 0 Å². The summed E-state index contributed by atoms with van der Waals surface area (Å²) in [4.78, 5) is 40.4. The number of anilines is 1. The van der Waals surface area contributed by atoms with E-state index >= 15 is 0 Å². The van der Waals surface area contributed by atoms with E-state index in [1.54, 1.807) is 13.3 Å². The third-order valence-electron chi connectivity index (χ3n) is 6.03. The minimum atomic E-state index is -1.20. The molecule has 2 rings (SSSR count). The van der Waals surface area contributed by atoms with Crippen LogP contribution in [0.5, 0.6) is 5.75 Å². The fourth-order valence-electron chi connectivity index (χ4n) is 3.91. The second-order valence-electron chi connectivity index (χ2n) is 9.12. The van der Waals surface area contributed by atoms with Crippen LogP contribution < -0.4 is 32.2 Å². The Morgan fingerprint density at radius 3 is 2.45 bits per heavy atom. The first-order valence-electron chi connectivity index (χ1n) is 12.7. The van der Waals surface area contributed by atoms with E-state index in [0.717, 1.165) is 41.6 Å². The average Bonchev–Trinajstić information content (AvgIpc) is 2.88. The lowest BCUT2D eigenvalue weighted by Crippen LogP contribution is -2.48. The predicted octanol–water partition coefficient (Wildman–Crippen LogP) is 3.48. The second kappa shape index (κ2) is 21.7. The number of amides is 2. The molecular weight excluding hydrogens is 716 g/mol. The number of rotatable bonds is 17. The van der Waals surface area contributed by atoms with Crippen LogP contribution in [0.4, 0.5) is 5.69 Å². The highest BCUT2D eigenvalue weighted by Crippen LogP contribution is 2.28. The molecule has 0 saturated heterocycles. The van der Waals surface area contributed by atoms with Gasteiger partial charge in [-0.05, 0) is 57.7 Å². The van der Waals surface area contributed by atoms with Crippen LogP contribution in [0, 0.1) is 0 Å². The van der Waals surface area contributed by atoms with Gasteiger partial charge < -0.3 is 37.3 Å². The molecule has 0 aliphatic carbocycles. The zero-order valence-electron chi connectivity index (χ0n) is 22.9. The van der Waals surface area contributed by atoms with Crippen LogP contribution in [0.3, 0.4) is 0 Å². The minimum absolute atomic E-state index is 0. The summed E-state index contributed by atoms with van der Waals surface area (Å²) in [7, 11) is 1.62. The Morgan fingerprint density at radius 1 is 1.07 bits per heavy atom. The van der Waals surface area contributed by atoms with E-state index < -0.39 is 24.0 Å². The Morgan fingerprint density at radius 2 is 1.80 bits per heavy atom. The van der Waals surface area contributed by atoms with Crippen LogP contribution in [0.25, 0.3) is 10.9 Å². The molecule has 2 aromatic rings. The molecule has 0 spiro atoms. The number of carboxylic acid groups (broad SMARTS) is 1. The topological polar surface area (TPSA) is 182 Å². The van der Waals surface area contributed by atoms with E-state index in [4.69, 9.17) is 16.2 Å². The summed E-state index contributed by atoms with van der Waals surface area (Å²) >= 11 is 0. The lowest BCUT2D eigenvalue weighted by atomic mass is 10.1. The molecule has 0 aliphatic rings. The van der Waals surface area contributed by atoms with Crippen molar-refractivity contribution in [1.29, 1.82) is 0 Å². The molecule has 0 aliphatic heterocycles. The van der Waals surface area contributed by atoms with Crippen molar-refractivity contribution in [3.8, 4) is 5.75 Å². The van der Waals surface area contributed by atoms with Crippen LogP contribution in [0.15, 0.2) is 30.5 Å². The molecule has 1 aromatic carbocycles. The van der Waals surface area contributed by atoms with Gasteiger partial charge in [0.15, 0.2) is 0 Å². The van der Waals surface area contributed by atoms with E-state index in [1.807, 2.05) is 24.3 Å². The number of carbonyl (C=O) groups is 3. The molecule has 0 bridgehead atoms. The molecule has 1 aromatic heterocycles. The molecular formula is C26H43Br3N6O5. The standard InChI is InChI=1S/C26H40N6O5.3BrH/c1-17(31-22-16-19(37-2)15-18-8-6-14-30-24(18)22)7-5-13-29-23(33)11-10-21(26(35)36)32-25(34)20(28)9-3-4-12-27;;;/h6,8,14-17,20-21,31H,3-5,7,9-13,27-28H2,1-2H3,(H,29,33)(H,32,34)(H,35,36);3*1H/t17?,20-,21+;;;/m0.../s1. The van der Waals surface area contributed by atoms with Gasteiger partial charge in [-0.1, -0.05) is 12.5 Å². The maximum absolute atomic E-state index is 12.2. The van der Waals surface area contributed by atoms with Gasteiger partial charge in [0, 0.05) is 36.7 Å². The molecule has 0 saturated carbocycles. The van der Waals surface area contributed by atoms with Crippen molar-refractivity contribution in [2.24, 2.45) is 11.5 Å². The smallest absolute Gasteiger partial charge is 0.326 e. The number of benzene rings is 1. The number of hydrogen-bond acceptors (Lipinski definition) is 8. The van der Waals surface area contributed by atoms with Gasteiger partial charge in [0.2, 0.25) is 11.8 Å². The lowest BCUT2D eigenvalue weighted by molar-refractivity contribution is -0.142. The van der Waals surface area contributed by atoms with Crippen molar-refractivity contribution < 1.29 is 24.2 Å². The fourth-order valence-corrected chi connectivity index (χ4v) is 3.91. The van der Waals surface area contributed by atoms with Gasteiger partial charge in [0.25, 0.3) is 0 Å². The molecule has 2 amide bonds. The van der Waals surface area contributed by atoms with Crippen LogP contribution in [-0.2, 0) is 14.4 Å². The van der Waals surface area contributed by atoms with Gasteiger partial charge in [-0.15, -0.1) is 50.9 Å². The zero-order valence-corrected chi connectivity index (χ0v) is 28.0. The van der Waals surface area contributed by atoms with Gasteiger partial charge in [0.1, 0.15) is 11.8 Å². The number of carboxylic acids is 1. The monoisotopic (exact) mass is 756 g/mol. The highest BCUT2D eigenvalue weighted by Gasteiger charge is 2.23.